The SMILES string of the molecule is CN(Cc1ccccc1)C(=O)C1CCCN1S(=O)(=O)c1ccc2c(c1)OCCO2. The number of sulfonamides is 1. The van der Waals surface area contributed by atoms with E-state index in [1.807, 2.05) is 30.3 Å². The summed E-state index contributed by atoms with van der Waals surface area (Å²) in [5.74, 6) is 0.764. The Hall–Kier alpha value is -2.58. The molecule has 1 atom stereocenters. The minimum Gasteiger partial charge on any atom is -0.486 e. The van der Waals surface area contributed by atoms with E-state index >= 15 is 0 Å². The highest BCUT2D eigenvalue weighted by Crippen LogP contribution is 2.35. The Morgan fingerprint density at radius 1 is 1.10 bits per heavy atom. The third kappa shape index (κ3) is 3.95. The topological polar surface area (TPSA) is 76.2 Å². The van der Waals surface area contributed by atoms with Crippen molar-refractivity contribution in [2.75, 3.05) is 26.8 Å². The van der Waals surface area contributed by atoms with Gasteiger partial charge in [0.05, 0.1) is 4.90 Å². The van der Waals surface area contributed by atoms with Crippen molar-refractivity contribution in [3.63, 3.8) is 0 Å². The molecular weight excluding hydrogens is 392 g/mol. The average molecular weight is 416 g/mol. The Morgan fingerprint density at radius 3 is 2.59 bits per heavy atom. The van der Waals surface area contributed by atoms with Gasteiger partial charge in [-0.3, -0.25) is 4.79 Å². The number of carbonyl (C=O) groups excluding carboxylic acids is 1. The third-order valence-electron chi connectivity index (χ3n) is 5.25. The number of nitrogens with zero attached hydrogens (tertiary/aromatic N) is 2. The van der Waals surface area contributed by atoms with Crippen molar-refractivity contribution < 1.29 is 22.7 Å². The summed E-state index contributed by atoms with van der Waals surface area (Å²) < 4.78 is 38.9. The Balaban J connectivity index is 1.54. The highest BCUT2D eigenvalue weighted by molar-refractivity contribution is 7.89. The van der Waals surface area contributed by atoms with Crippen LogP contribution in [0.5, 0.6) is 11.5 Å². The summed E-state index contributed by atoms with van der Waals surface area (Å²) in [6.45, 7) is 1.58. The van der Waals surface area contributed by atoms with E-state index in [-0.39, 0.29) is 10.8 Å². The molecule has 0 saturated carbocycles. The molecule has 7 nitrogen and oxygen atoms in total. The van der Waals surface area contributed by atoms with Gasteiger partial charge in [0, 0.05) is 26.2 Å². The molecule has 0 radical (unpaired) electrons. The van der Waals surface area contributed by atoms with Crippen LogP contribution in [0.4, 0.5) is 0 Å². The number of benzene rings is 2. The van der Waals surface area contributed by atoms with Gasteiger partial charge >= 0.3 is 0 Å². The van der Waals surface area contributed by atoms with E-state index in [0.717, 1.165) is 5.56 Å². The van der Waals surface area contributed by atoms with Gasteiger partial charge in [-0.25, -0.2) is 8.42 Å². The predicted octanol–water partition coefficient (Wildman–Crippen LogP) is 2.27. The monoisotopic (exact) mass is 416 g/mol. The van der Waals surface area contributed by atoms with Crippen LogP contribution in [0.15, 0.2) is 53.4 Å². The van der Waals surface area contributed by atoms with E-state index in [1.165, 1.54) is 16.4 Å². The molecule has 2 aromatic rings. The quantitative estimate of drug-likeness (QED) is 0.747. The normalized spacial score (nSPS) is 19.1. The number of fused-ring (bicyclic) bond motifs is 1. The van der Waals surface area contributed by atoms with Crippen molar-refractivity contribution in [2.24, 2.45) is 0 Å². The zero-order valence-electron chi connectivity index (χ0n) is 16.3. The summed E-state index contributed by atoms with van der Waals surface area (Å²) in [6, 6.07) is 13.6. The molecule has 0 bridgehead atoms. The van der Waals surface area contributed by atoms with Gasteiger partial charge in [0.2, 0.25) is 15.9 Å². The van der Waals surface area contributed by atoms with Crippen LogP contribution in [0.1, 0.15) is 18.4 Å². The molecule has 2 aliphatic heterocycles. The smallest absolute Gasteiger partial charge is 0.243 e. The standard InChI is InChI=1S/C21H24N2O5S/c1-22(15-16-6-3-2-4-7-16)21(24)18-8-5-11-23(18)29(25,26)17-9-10-19-20(14-17)28-13-12-27-19/h2-4,6-7,9-10,14,18H,5,8,11-13,15H2,1H3. The lowest BCUT2D eigenvalue weighted by Gasteiger charge is -2.28. The minimum atomic E-state index is -3.82. The number of amides is 1. The van der Waals surface area contributed by atoms with Crippen LogP contribution in [0.2, 0.25) is 0 Å². The van der Waals surface area contributed by atoms with Gasteiger partial charge in [-0.05, 0) is 30.5 Å². The van der Waals surface area contributed by atoms with E-state index in [4.69, 9.17) is 9.47 Å². The molecule has 1 saturated heterocycles. The van der Waals surface area contributed by atoms with Gasteiger partial charge in [0.1, 0.15) is 19.3 Å². The first-order chi connectivity index (χ1) is 14.0. The first kappa shape index (κ1) is 19.7. The zero-order valence-corrected chi connectivity index (χ0v) is 17.1. The van der Waals surface area contributed by atoms with Gasteiger partial charge in [0.25, 0.3) is 0 Å². The lowest BCUT2D eigenvalue weighted by Crippen LogP contribution is -2.46. The summed E-state index contributed by atoms with van der Waals surface area (Å²) in [5, 5.41) is 0. The second kappa shape index (κ2) is 8.04. The summed E-state index contributed by atoms with van der Waals surface area (Å²) in [4.78, 5) is 14.8. The average Bonchev–Trinajstić information content (AvgIpc) is 3.24. The highest BCUT2D eigenvalue weighted by atomic mass is 32.2. The number of hydrogen-bond donors (Lipinski definition) is 0. The Labute approximate surface area is 170 Å². The van der Waals surface area contributed by atoms with E-state index in [1.54, 1.807) is 18.0 Å². The number of hydrogen-bond acceptors (Lipinski definition) is 5. The molecule has 0 aromatic heterocycles. The Bertz CT molecular complexity index is 993. The predicted molar refractivity (Wildman–Crippen MR) is 107 cm³/mol. The van der Waals surface area contributed by atoms with Crippen LogP contribution >= 0.6 is 0 Å². The molecule has 8 heteroatoms. The third-order valence-corrected chi connectivity index (χ3v) is 7.15. The van der Waals surface area contributed by atoms with Crippen LogP contribution in [0.25, 0.3) is 0 Å². The molecule has 2 aromatic carbocycles. The fourth-order valence-corrected chi connectivity index (χ4v) is 5.45. The summed E-state index contributed by atoms with van der Waals surface area (Å²) in [5.41, 5.74) is 1.00. The maximum absolute atomic E-state index is 13.3. The molecule has 1 fully saturated rings. The van der Waals surface area contributed by atoms with E-state index in [9.17, 15) is 13.2 Å². The first-order valence-corrected chi connectivity index (χ1v) is 11.1. The Kier molecular flexibility index (Phi) is 5.47. The lowest BCUT2D eigenvalue weighted by molar-refractivity contribution is -0.133. The molecule has 2 aliphatic rings. The van der Waals surface area contributed by atoms with Gasteiger partial charge < -0.3 is 14.4 Å². The summed E-state index contributed by atoms with van der Waals surface area (Å²) in [7, 11) is -2.11. The largest absolute Gasteiger partial charge is 0.486 e. The molecule has 29 heavy (non-hydrogen) atoms. The fourth-order valence-electron chi connectivity index (χ4n) is 3.78. The molecule has 2 heterocycles. The molecule has 0 N–H and O–H groups in total. The number of rotatable bonds is 5. The number of ether oxygens (including phenoxy) is 2. The maximum Gasteiger partial charge on any atom is 0.243 e. The van der Waals surface area contributed by atoms with Crippen LogP contribution in [0, 0.1) is 0 Å². The van der Waals surface area contributed by atoms with Gasteiger partial charge in [0.15, 0.2) is 11.5 Å². The molecule has 1 amide bonds. The highest BCUT2D eigenvalue weighted by Gasteiger charge is 2.40. The Morgan fingerprint density at radius 2 is 1.83 bits per heavy atom. The van der Waals surface area contributed by atoms with E-state index in [2.05, 4.69) is 0 Å². The first-order valence-electron chi connectivity index (χ1n) is 9.67. The molecule has 4 rings (SSSR count). The second-order valence-electron chi connectivity index (χ2n) is 7.26. The number of likely N-dealkylation sites (N-methyl/N-ethyl adjacent to an activating group) is 1. The second-order valence-corrected chi connectivity index (χ2v) is 9.15. The fraction of sp³-hybridized carbons (Fsp3) is 0.381. The van der Waals surface area contributed by atoms with E-state index in [0.29, 0.717) is 50.6 Å². The van der Waals surface area contributed by atoms with Crippen molar-refractivity contribution in [1.29, 1.82) is 0 Å². The van der Waals surface area contributed by atoms with Gasteiger partial charge in [-0.1, -0.05) is 30.3 Å². The van der Waals surface area contributed by atoms with Crippen molar-refractivity contribution in [1.82, 2.24) is 9.21 Å². The van der Waals surface area contributed by atoms with Crippen molar-refractivity contribution >= 4 is 15.9 Å². The van der Waals surface area contributed by atoms with Crippen molar-refractivity contribution in [3.8, 4) is 11.5 Å². The van der Waals surface area contributed by atoms with Crippen molar-refractivity contribution in [3.05, 3.63) is 54.1 Å². The molecular formula is C21H24N2O5S. The number of carbonyl (C=O) groups is 1. The van der Waals surface area contributed by atoms with Gasteiger partial charge in [-0.2, -0.15) is 4.31 Å². The van der Waals surface area contributed by atoms with Crippen LogP contribution in [-0.4, -0.2) is 56.4 Å². The van der Waals surface area contributed by atoms with E-state index < -0.39 is 16.1 Å². The van der Waals surface area contributed by atoms with Crippen LogP contribution in [0.3, 0.4) is 0 Å². The summed E-state index contributed by atoms with van der Waals surface area (Å²) in [6.07, 6.45) is 1.17. The zero-order chi connectivity index (χ0) is 20.4. The lowest BCUT2D eigenvalue weighted by atomic mass is 10.1. The molecule has 1 unspecified atom stereocenters. The molecule has 154 valence electrons. The summed E-state index contributed by atoms with van der Waals surface area (Å²) >= 11 is 0. The van der Waals surface area contributed by atoms with Crippen LogP contribution < -0.4 is 9.47 Å². The van der Waals surface area contributed by atoms with Crippen molar-refractivity contribution in [2.45, 2.75) is 30.3 Å². The molecule has 0 spiro atoms. The van der Waals surface area contributed by atoms with Gasteiger partial charge in [-0.15, -0.1) is 0 Å². The maximum atomic E-state index is 13.3. The van der Waals surface area contributed by atoms with Crippen LogP contribution in [-0.2, 0) is 21.4 Å². The minimum absolute atomic E-state index is 0.118. The molecule has 0 aliphatic carbocycles.